The molecule has 1 aromatic heterocycles. The number of amides is 1. The standard InChI is InChI=1S/C15H24N4O4/c1-2-6-11-14(19(22)23)13(18-17-11)15(21)16-9-12(20)10-7-4-3-5-8-10/h10,12,20H,2-9H2,1H3,(H,16,21)(H,17,18)/t12-/m0/s1. The molecule has 0 bridgehead atoms. The van der Waals surface area contributed by atoms with E-state index in [0.29, 0.717) is 18.5 Å². The van der Waals surface area contributed by atoms with Crippen LogP contribution in [0, 0.1) is 16.0 Å². The lowest BCUT2D eigenvalue weighted by Gasteiger charge is -2.26. The molecule has 1 aliphatic rings. The summed E-state index contributed by atoms with van der Waals surface area (Å²) in [5.41, 5.74) is -0.124. The smallest absolute Gasteiger partial charge is 0.322 e. The highest BCUT2D eigenvalue weighted by Crippen LogP contribution is 2.26. The Balaban J connectivity index is 1.98. The third kappa shape index (κ3) is 4.28. The van der Waals surface area contributed by atoms with E-state index in [0.717, 1.165) is 25.7 Å². The lowest BCUT2D eigenvalue weighted by Crippen LogP contribution is -2.37. The highest BCUT2D eigenvalue weighted by atomic mass is 16.6. The van der Waals surface area contributed by atoms with Gasteiger partial charge in [-0.1, -0.05) is 32.6 Å². The summed E-state index contributed by atoms with van der Waals surface area (Å²) < 4.78 is 0. The highest BCUT2D eigenvalue weighted by Gasteiger charge is 2.29. The van der Waals surface area contributed by atoms with Gasteiger partial charge in [0.15, 0.2) is 0 Å². The molecule has 1 fully saturated rings. The number of nitrogens with one attached hydrogen (secondary N) is 2. The molecule has 1 heterocycles. The first-order valence-corrected chi connectivity index (χ1v) is 8.22. The van der Waals surface area contributed by atoms with Gasteiger partial charge in [-0.15, -0.1) is 0 Å². The van der Waals surface area contributed by atoms with E-state index in [-0.39, 0.29) is 23.8 Å². The van der Waals surface area contributed by atoms with Crippen LogP contribution in [0.4, 0.5) is 5.69 Å². The highest BCUT2D eigenvalue weighted by molar-refractivity contribution is 5.96. The molecule has 0 unspecified atom stereocenters. The SMILES string of the molecule is CCCc1[nH]nc(C(=O)NC[C@H](O)C2CCCCC2)c1[N+](=O)[O-]. The fourth-order valence-corrected chi connectivity index (χ4v) is 3.12. The Hall–Kier alpha value is -1.96. The van der Waals surface area contributed by atoms with E-state index in [1.165, 1.54) is 6.42 Å². The third-order valence-corrected chi connectivity index (χ3v) is 4.38. The van der Waals surface area contributed by atoms with Gasteiger partial charge in [-0.05, 0) is 25.2 Å². The molecule has 128 valence electrons. The molecule has 1 amide bonds. The molecule has 2 rings (SSSR count). The number of nitrogens with zero attached hydrogens (tertiary/aromatic N) is 2. The van der Waals surface area contributed by atoms with E-state index in [1.807, 2.05) is 6.92 Å². The average Bonchev–Trinajstić information content (AvgIpc) is 2.97. The number of carbonyl (C=O) groups excluding carboxylic acids is 1. The first-order valence-electron chi connectivity index (χ1n) is 8.22. The summed E-state index contributed by atoms with van der Waals surface area (Å²) in [6.45, 7) is 1.99. The van der Waals surface area contributed by atoms with Crippen molar-refractivity contribution >= 4 is 11.6 Å². The van der Waals surface area contributed by atoms with Crippen LogP contribution in [0.3, 0.4) is 0 Å². The van der Waals surface area contributed by atoms with E-state index < -0.39 is 16.9 Å². The van der Waals surface area contributed by atoms with Crippen LogP contribution in [0.2, 0.25) is 0 Å². The molecule has 23 heavy (non-hydrogen) atoms. The van der Waals surface area contributed by atoms with Crippen molar-refractivity contribution in [2.45, 2.75) is 58.0 Å². The summed E-state index contributed by atoms with van der Waals surface area (Å²) in [5.74, 6) is -0.431. The summed E-state index contributed by atoms with van der Waals surface area (Å²) in [6, 6.07) is 0. The Morgan fingerprint density at radius 2 is 2.17 bits per heavy atom. The van der Waals surface area contributed by atoms with Crippen molar-refractivity contribution in [3.05, 3.63) is 21.5 Å². The van der Waals surface area contributed by atoms with Crippen molar-refractivity contribution in [2.24, 2.45) is 5.92 Å². The van der Waals surface area contributed by atoms with Crippen molar-refractivity contribution in [2.75, 3.05) is 6.54 Å². The topological polar surface area (TPSA) is 121 Å². The van der Waals surface area contributed by atoms with Crippen LogP contribution in [-0.2, 0) is 6.42 Å². The van der Waals surface area contributed by atoms with Crippen LogP contribution >= 0.6 is 0 Å². The van der Waals surface area contributed by atoms with Crippen LogP contribution in [0.25, 0.3) is 0 Å². The van der Waals surface area contributed by atoms with Gasteiger partial charge in [0, 0.05) is 6.54 Å². The largest absolute Gasteiger partial charge is 0.391 e. The van der Waals surface area contributed by atoms with E-state index in [9.17, 15) is 20.0 Å². The van der Waals surface area contributed by atoms with Crippen LogP contribution < -0.4 is 5.32 Å². The average molecular weight is 324 g/mol. The maximum atomic E-state index is 12.2. The van der Waals surface area contributed by atoms with Crippen molar-refractivity contribution in [1.82, 2.24) is 15.5 Å². The summed E-state index contributed by atoms with van der Waals surface area (Å²) in [5, 5.41) is 30.3. The number of nitro groups is 1. The second-order valence-electron chi connectivity index (χ2n) is 6.08. The molecule has 8 nitrogen and oxygen atoms in total. The molecule has 0 saturated heterocycles. The Morgan fingerprint density at radius 3 is 2.78 bits per heavy atom. The number of aliphatic hydroxyl groups is 1. The van der Waals surface area contributed by atoms with Gasteiger partial charge in [0.1, 0.15) is 5.69 Å². The molecule has 0 spiro atoms. The molecule has 1 atom stereocenters. The van der Waals surface area contributed by atoms with Crippen molar-refractivity contribution in [1.29, 1.82) is 0 Å². The first kappa shape index (κ1) is 17.4. The number of hydrogen-bond donors (Lipinski definition) is 3. The van der Waals surface area contributed by atoms with E-state index in [2.05, 4.69) is 15.5 Å². The molecular weight excluding hydrogens is 300 g/mol. The van der Waals surface area contributed by atoms with E-state index in [4.69, 9.17) is 0 Å². The minimum atomic E-state index is -0.620. The lowest BCUT2D eigenvalue weighted by molar-refractivity contribution is -0.385. The second-order valence-corrected chi connectivity index (χ2v) is 6.08. The number of rotatable bonds is 7. The number of aromatic amines is 1. The lowest BCUT2D eigenvalue weighted by atomic mass is 9.85. The summed E-state index contributed by atoms with van der Waals surface area (Å²) >= 11 is 0. The summed E-state index contributed by atoms with van der Waals surface area (Å²) in [7, 11) is 0. The normalized spacial score (nSPS) is 17.0. The predicted molar refractivity (Wildman–Crippen MR) is 84.2 cm³/mol. The van der Waals surface area contributed by atoms with Crippen molar-refractivity contribution in [3.8, 4) is 0 Å². The molecule has 8 heteroatoms. The van der Waals surface area contributed by atoms with Crippen LogP contribution in [0.1, 0.15) is 61.6 Å². The molecule has 1 aliphatic carbocycles. The molecular formula is C15H24N4O4. The Labute approximate surface area is 134 Å². The number of aromatic nitrogens is 2. The molecule has 0 radical (unpaired) electrons. The minimum Gasteiger partial charge on any atom is -0.391 e. The zero-order chi connectivity index (χ0) is 16.8. The van der Waals surface area contributed by atoms with E-state index in [1.54, 1.807) is 0 Å². The quantitative estimate of drug-likeness (QED) is 0.523. The van der Waals surface area contributed by atoms with Crippen LogP contribution in [0.5, 0.6) is 0 Å². The van der Waals surface area contributed by atoms with Gasteiger partial charge in [0.05, 0.1) is 11.0 Å². The first-order chi connectivity index (χ1) is 11.0. The molecule has 0 aliphatic heterocycles. The number of carbonyl (C=O) groups is 1. The molecule has 1 aromatic rings. The van der Waals surface area contributed by atoms with Crippen molar-refractivity contribution in [3.63, 3.8) is 0 Å². The van der Waals surface area contributed by atoms with Crippen LogP contribution in [0.15, 0.2) is 0 Å². The Kier molecular flexibility index (Phi) is 6.09. The maximum Gasteiger partial charge on any atom is 0.322 e. The van der Waals surface area contributed by atoms with E-state index >= 15 is 0 Å². The molecule has 1 saturated carbocycles. The minimum absolute atomic E-state index is 0.0939. The molecule has 3 N–H and O–H groups in total. The van der Waals surface area contributed by atoms with Gasteiger partial charge in [0.2, 0.25) is 5.69 Å². The Bertz CT molecular complexity index is 552. The number of aryl methyl sites for hydroxylation is 1. The van der Waals surface area contributed by atoms with Crippen LogP contribution in [-0.4, -0.2) is 38.8 Å². The summed E-state index contributed by atoms with van der Waals surface area (Å²) in [4.78, 5) is 22.8. The summed E-state index contributed by atoms with van der Waals surface area (Å²) in [6.07, 6.45) is 5.86. The zero-order valence-corrected chi connectivity index (χ0v) is 13.4. The zero-order valence-electron chi connectivity index (χ0n) is 13.4. The van der Waals surface area contributed by atoms with Gasteiger partial charge in [-0.25, -0.2) is 0 Å². The Morgan fingerprint density at radius 1 is 1.48 bits per heavy atom. The third-order valence-electron chi connectivity index (χ3n) is 4.38. The van der Waals surface area contributed by atoms with Gasteiger partial charge in [0.25, 0.3) is 5.91 Å². The number of hydrogen-bond acceptors (Lipinski definition) is 5. The number of H-pyrrole nitrogens is 1. The molecule has 0 aromatic carbocycles. The van der Waals surface area contributed by atoms with Gasteiger partial charge in [-0.2, -0.15) is 5.10 Å². The fourth-order valence-electron chi connectivity index (χ4n) is 3.12. The van der Waals surface area contributed by atoms with Gasteiger partial charge in [-0.3, -0.25) is 20.0 Å². The fraction of sp³-hybridized carbons (Fsp3) is 0.733. The van der Waals surface area contributed by atoms with Gasteiger partial charge < -0.3 is 10.4 Å². The predicted octanol–water partition coefficient (Wildman–Crippen LogP) is 1.94. The second kappa shape index (κ2) is 8.05. The van der Waals surface area contributed by atoms with Gasteiger partial charge >= 0.3 is 5.69 Å². The maximum absolute atomic E-state index is 12.2. The number of aliphatic hydroxyl groups excluding tert-OH is 1. The monoisotopic (exact) mass is 324 g/mol. The van der Waals surface area contributed by atoms with Crippen molar-refractivity contribution < 1.29 is 14.8 Å².